The molecule has 104 valence electrons. The number of hydrogen-bond donors (Lipinski definition) is 1. The summed E-state index contributed by atoms with van der Waals surface area (Å²) >= 11 is 1.95. The summed E-state index contributed by atoms with van der Waals surface area (Å²) in [6, 6.07) is 5.12. The van der Waals surface area contributed by atoms with Crippen LogP contribution in [0.5, 0.6) is 0 Å². The molecular formula is C16H29NS. The molecule has 0 aliphatic rings. The molecule has 18 heavy (non-hydrogen) atoms. The highest BCUT2D eigenvalue weighted by atomic mass is 32.1. The number of nitrogens with one attached hydrogen (secondary N) is 1. The smallest absolute Gasteiger partial charge is 0.0417 e. The quantitative estimate of drug-likeness (QED) is 0.639. The van der Waals surface area contributed by atoms with Gasteiger partial charge in [0, 0.05) is 15.8 Å². The highest BCUT2D eigenvalue weighted by molar-refractivity contribution is 7.12. The Morgan fingerprint density at radius 1 is 1.22 bits per heavy atom. The summed E-state index contributed by atoms with van der Waals surface area (Å²) in [6.07, 6.45) is 6.69. The first kappa shape index (κ1) is 15.7. The standard InChI is InChI=1S/C16H29NS/c1-5-8-9-14(6-2)12-15(17-7-3)16-11-10-13(4)18-16/h10-11,14-15,17H,5-9,12H2,1-4H3. The fourth-order valence-electron chi connectivity index (χ4n) is 2.50. The van der Waals surface area contributed by atoms with E-state index in [0.29, 0.717) is 6.04 Å². The second-order valence-corrected chi connectivity index (χ2v) is 6.53. The molecule has 0 amide bonds. The average molecular weight is 267 g/mol. The Morgan fingerprint density at radius 2 is 2.00 bits per heavy atom. The third-order valence-corrected chi connectivity index (χ3v) is 4.78. The van der Waals surface area contributed by atoms with Crippen molar-refractivity contribution in [1.29, 1.82) is 0 Å². The summed E-state index contributed by atoms with van der Waals surface area (Å²) < 4.78 is 0. The van der Waals surface area contributed by atoms with Crippen LogP contribution in [0.1, 0.15) is 68.7 Å². The van der Waals surface area contributed by atoms with Crippen molar-refractivity contribution in [2.45, 2.75) is 65.8 Å². The van der Waals surface area contributed by atoms with Crippen molar-refractivity contribution in [3.8, 4) is 0 Å². The van der Waals surface area contributed by atoms with Crippen LogP contribution < -0.4 is 5.32 Å². The monoisotopic (exact) mass is 267 g/mol. The molecule has 0 saturated carbocycles. The van der Waals surface area contributed by atoms with Crippen molar-refractivity contribution in [2.75, 3.05) is 6.54 Å². The van der Waals surface area contributed by atoms with Crippen molar-refractivity contribution in [2.24, 2.45) is 5.92 Å². The highest BCUT2D eigenvalue weighted by Gasteiger charge is 2.17. The van der Waals surface area contributed by atoms with E-state index in [4.69, 9.17) is 0 Å². The Hall–Kier alpha value is -0.340. The minimum Gasteiger partial charge on any atom is -0.310 e. The topological polar surface area (TPSA) is 12.0 Å². The maximum absolute atomic E-state index is 3.66. The molecule has 1 rings (SSSR count). The Morgan fingerprint density at radius 3 is 2.50 bits per heavy atom. The van der Waals surface area contributed by atoms with E-state index < -0.39 is 0 Å². The minimum atomic E-state index is 0.565. The molecular weight excluding hydrogens is 238 g/mol. The second-order valence-electron chi connectivity index (χ2n) is 5.21. The molecule has 2 unspecified atom stereocenters. The SMILES string of the molecule is CCCCC(CC)CC(NCC)c1ccc(C)s1. The van der Waals surface area contributed by atoms with Gasteiger partial charge in [0.05, 0.1) is 0 Å². The summed E-state index contributed by atoms with van der Waals surface area (Å²) in [5.74, 6) is 0.872. The molecule has 1 aromatic rings. The van der Waals surface area contributed by atoms with Gasteiger partial charge in [0.15, 0.2) is 0 Å². The molecule has 0 saturated heterocycles. The molecule has 0 spiro atoms. The largest absolute Gasteiger partial charge is 0.310 e. The summed E-state index contributed by atoms with van der Waals surface area (Å²) in [4.78, 5) is 2.94. The Balaban J connectivity index is 2.60. The van der Waals surface area contributed by atoms with Gasteiger partial charge in [0.2, 0.25) is 0 Å². The van der Waals surface area contributed by atoms with E-state index in [1.807, 2.05) is 11.3 Å². The minimum absolute atomic E-state index is 0.565. The van der Waals surface area contributed by atoms with Crippen LogP contribution in [0.2, 0.25) is 0 Å². The average Bonchev–Trinajstić information content (AvgIpc) is 2.80. The number of unbranched alkanes of at least 4 members (excludes halogenated alkanes) is 1. The number of rotatable bonds is 9. The van der Waals surface area contributed by atoms with Gasteiger partial charge in [-0.3, -0.25) is 0 Å². The van der Waals surface area contributed by atoms with Gasteiger partial charge in [0.1, 0.15) is 0 Å². The van der Waals surface area contributed by atoms with Gasteiger partial charge >= 0.3 is 0 Å². The summed E-state index contributed by atoms with van der Waals surface area (Å²) in [5, 5.41) is 3.66. The fraction of sp³-hybridized carbons (Fsp3) is 0.750. The van der Waals surface area contributed by atoms with Crippen LogP contribution in [0.15, 0.2) is 12.1 Å². The van der Waals surface area contributed by atoms with E-state index in [2.05, 4.69) is 45.1 Å². The molecule has 1 aromatic heterocycles. The van der Waals surface area contributed by atoms with Crippen LogP contribution in [-0.4, -0.2) is 6.54 Å². The van der Waals surface area contributed by atoms with Gasteiger partial charge in [-0.2, -0.15) is 0 Å². The second kappa shape index (κ2) is 8.71. The molecule has 0 bridgehead atoms. The van der Waals surface area contributed by atoms with Crippen LogP contribution in [0.4, 0.5) is 0 Å². The van der Waals surface area contributed by atoms with Gasteiger partial charge in [-0.25, -0.2) is 0 Å². The van der Waals surface area contributed by atoms with E-state index in [1.54, 1.807) is 0 Å². The van der Waals surface area contributed by atoms with Crippen molar-refractivity contribution in [1.82, 2.24) is 5.32 Å². The molecule has 0 aliphatic carbocycles. The van der Waals surface area contributed by atoms with E-state index in [-0.39, 0.29) is 0 Å². The van der Waals surface area contributed by atoms with Crippen molar-refractivity contribution < 1.29 is 0 Å². The predicted octanol–water partition coefficient (Wildman–Crippen LogP) is 5.31. The zero-order valence-corrected chi connectivity index (χ0v) is 13.3. The van der Waals surface area contributed by atoms with Gasteiger partial charge in [-0.15, -0.1) is 11.3 Å². The van der Waals surface area contributed by atoms with Crippen molar-refractivity contribution in [3.05, 3.63) is 21.9 Å². The number of thiophene rings is 1. The zero-order chi connectivity index (χ0) is 13.4. The molecule has 1 N–H and O–H groups in total. The highest BCUT2D eigenvalue weighted by Crippen LogP contribution is 2.30. The third-order valence-electron chi connectivity index (χ3n) is 3.67. The number of hydrogen-bond acceptors (Lipinski definition) is 2. The maximum atomic E-state index is 3.66. The Labute approximate surface area is 117 Å². The van der Waals surface area contributed by atoms with Gasteiger partial charge in [-0.1, -0.05) is 46.5 Å². The molecule has 0 radical (unpaired) electrons. The van der Waals surface area contributed by atoms with Crippen LogP contribution in [-0.2, 0) is 0 Å². The summed E-state index contributed by atoms with van der Waals surface area (Å²) in [7, 11) is 0. The van der Waals surface area contributed by atoms with E-state index >= 15 is 0 Å². The lowest BCUT2D eigenvalue weighted by Gasteiger charge is -2.22. The van der Waals surface area contributed by atoms with Crippen molar-refractivity contribution in [3.63, 3.8) is 0 Å². The number of aryl methyl sites for hydroxylation is 1. The zero-order valence-electron chi connectivity index (χ0n) is 12.5. The third kappa shape index (κ3) is 5.11. The maximum Gasteiger partial charge on any atom is 0.0417 e. The lowest BCUT2D eigenvalue weighted by molar-refractivity contribution is 0.359. The van der Waals surface area contributed by atoms with Crippen LogP contribution in [0, 0.1) is 12.8 Å². The van der Waals surface area contributed by atoms with Crippen LogP contribution in [0.3, 0.4) is 0 Å². The first-order chi connectivity index (χ1) is 8.71. The molecule has 1 nitrogen and oxygen atoms in total. The lowest BCUT2D eigenvalue weighted by Crippen LogP contribution is -2.22. The normalized spacial score (nSPS) is 14.7. The summed E-state index contributed by atoms with van der Waals surface area (Å²) in [6.45, 7) is 10.1. The van der Waals surface area contributed by atoms with Gasteiger partial charge in [0.25, 0.3) is 0 Å². The fourth-order valence-corrected chi connectivity index (χ4v) is 3.47. The molecule has 0 aliphatic heterocycles. The molecule has 0 fully saturated rings. The van der Waals surface area contributed by atoms with Crippen LogP contribution >= 0.6 is 11.3 Å². The lowest BCUT2D eigenvalue weighted by atomic mass is 9.91. The molecule has 0 aromatic carbocycles. The van der Waals surface area contributed by atoms with Gasteiger partial charge < -0.3 is 5.32 Å². The molecule has 2 atom stereocenters. The first-order valence-corrected chi connectivity index (χ1v) is 8.32. The van der Waals surface area contributed by atoms with E-state index in [0.717, 1.165) is 12.5 Å². The summed E-state index contributed by atoms with van der Waals surface area (Å²) in [5.41, 5.74) is 0. The van der Waals surface area contributed by atoms with Gasteiger partial charge in [-0.05, 0) is 37.9 Å². The van der Waals surface area contributed by atoms with E-state index in [1.165, 1.54) is 41.9 Å². The van der Waals surface area contributed by atoms with Crippen LogP contribution in [0.25, 0.3) is 0 Å². The molecule has 1 heterocycles. The van der Waals surface area contributed by atoms with Crippen molar-refractivity contribution >= 4 is 11.3 Å². The Kier molecular flexibility index (Phi) is 7.60. The Bertz CT molecular complexity index is 319. The molecule has 2 heteroatoms. The first-order valence-electron chi connectivity index (χ1n) is 7.50. The van der Waals surface area contributed by atoms with E-state index in [9.17, 15) is 0 Å². The predicted molar refractivity (Wildman–Crippen MR) is 83.4 cm³/mol.